The van der Waals surface area contributed by atoms with E-state index in [2.05, 4.69) is 10.6 Å². The third-order valence-electron chi connectivity index (χ3n) is 4.01. The Kier molecular flexibility index (Phi) is 8.78. The number of nitrogens with one attached hydrogen (secondary N) is 2. The van der Waals surface area contributed by atoms with Gasteiger partial charge in [0.1, 0.15) is 12.1 Å². The maximum atomic E-state index is 12.5. The van der Waals surface area contributed by atoms with E-state index < -0.39 is 23.8 Å². The highest BCUT2D eigenvalue weighted by atomic mass is 32.1. The van der Waals surface area contributed by atoms with Crippen LogP contribution in [0.15, 0.2) is 17.5 Å². The van der Waals surface area contributed by atoms with Crippen molar-refractivity contribution in [1.29, 1.82) is 0 Å². The van der Waals surface area contributed by atoms with Gasteiger partial charge in [-0.15, -0.1) is 11.3 Å². The largest absolute Gasteiger partial charge is 0.446 e. The molecule has 2 amide bonds. The summed E-state index contributed by atoms with van der Waals surface area (Å²) in [6, 6.07) is 2.83. The Morgan fingerprint density at radius 3 is 2.12 bits per heavy atom. The lowest BCUT2D eigenvalue weighted by molar-refractivity contribution is -0.139. The Labute approximate surface area is 159 Å². The maximum Gasteiger partial charge on any atom is 0.408 e. The normalized spacial score (nSPS) is 12.5. The number of ketones is 1. The number of rotatable bonds is 9. The first-order chi connectivity index (χ1) is 12.1. The van der Waals surface area contributed by atoms with Crippen molar-refractivity contribution in [3.63, 3.8) is 0 Å². The van der Waals surface area contributed by atoms with Gasteiger partial charge < -0.3 is 15.4 Å². The molecule has 1 aromatic rings. The lowest BCUT2D eigenvalue weighted by Crippen LogP contribution is -2.51. The molecular formula is C19H30N2O4S. The van der Waals surface area contributed by atoms with Crippen molar-refractivity contribution in [2.24, 2.45) is 17.8 Å². The van der Waals surface area contributed by atoms with Crippen LogP contribution in [-0.4, -0.2) is 29.9 Å². The number of amides is 2. The highest BCUT2D eigenvalue weighted by Gasteiger charge is 2.31. The minimum atomic E-state index is -0.925. The molecule has 2 N–H and O–H groups in total. The number of carbonyl (C=O) groups excluding carboxylic acids is 3. The van der Waals surface area contributed by atoms with Gasteiger partial charge in [0.05, 0.1) is 6.54 Å². The van der Waals surface area contributed by atoms with Crippen LogP contribution in [0.2, 0.25) is 0 Å². The summed E-state index contributed by atoms with van der Waals surface area (Å²) in [5.41, 5.74) is 0. The predicted molar refractivity (Wildman–Crippen MR) is 103 cm³/mol. The summed E-state index contributed by atoms with van der Waals surface area (Å²) in [7, 11) is 0. The second-order valence-electron chi connectivity index (χ2n) is 7.35. The van der Waals surface area contributed by atoms with E-state index >= 15 is 0 Å². The van der Waals surface area contributed by atoms with Crippen molar-refractivity contribution < 1.29 is 19.1 Å². The highest BCUT2D eigenvalue weighted by Crippen LogP contribution is 2.16. The van der Waals surface area contributed by atoms with Gasteiger partial charge in [-0.1, -0.05) is 47.6 Å². The van der Waals surface area contributed by atoms with Crippen LogP contribution in [0.3, 0.4) is 0 Å². The first-order valence-corrected chi connectivity index (χ1v) is 9.83. The summed E-state index contributed by atoms with van der Waals surface area (Å²) >= 11 is 1.50. The molecule has 0 unspecified atom stereocenters. The van der Waals surface area contributed by atoms with Gasteiger partial charge in [0.25, 0.3) is 5.91 Å². The first kappa shape index (κ1) is 22.2. The van der Waals surface area contributed by atoms with Crippen molar-refractivity contribution in [2.45, 2.75) is 60.2 Å². The van der Waals surface area contributed by atoms with E-state index in [9.17, 15) is 14.4 Å². The molecule has 0 aliphatic carbocycles. The number of thiophene rings is 1. The van der Waals surface area contributed by atoms with E-state index in [1.165, 1.54) is 11.3 Å². The molecule has 7 heteroatoms. The summed E-state index contributed by atoms with van der Waals surface area (Å²) in [6.07, 6.45) is -0.930. The molecule has 0 aromatic carbocycles. The third-order valence-corrected chi connectivity index (χ3v) is 4.88. The van der Waals surface area contributed by atoms with Gasteiger partial charge in [-0.2, -0.15) is 0 Å². The molecule has 0 saturated carbocycles. The van der Waals surface area contributed by atoms with Gasteiger partial charge >= 0.3 is 6.09 Å². The van der Waals surface area contributed by atoms with Crippen LogP contribution in [0.25, 0.3) is 0 Å². The second kappa shape index (κ2) is 10.3. The molecule has 6 nitrogen and oxygen atoms in total. The molecule has 0 saturated heterocycles. The van der Waals surface area contributed by atoms with Gasteiger partial charge in [0, 0.05) is 4.88 Å². The standard InChI is InChI=1S/C19H30N2O4S/c1-11(2)15(21-19(24)25-17(12(3)4)13(5)6)16(22)18(23)20-10-14-8-7-9-26-14/h7-9,11-13,15,17H,10H2,1-6H3,(H,20,23)(H,21,24)/t15-/m0/s1. The van der Waals surface area contributed by atoms with Crippen LogP contribution in [0.1, 0.15) is 46.4 Å². The van der Waals surface area contributed by atoms with E-state index in [1.807, 2.05) is 45.2 Å². The van der Waals surface area contributed by atoms with Crippen molar-refractivity contribution in [3.8, 4) is 0 Å². The summed E-state index contributed by atoms with van der Waals surface area (Å²) < 4.78 is 5.47. The van der Waals surface area contributed by atoms with E-state index in [0.29, 0.717) is 6.54 Å². The van der Waals surface area contributed by atoms with Gasteiger partial charge in [0.2, 0.25) is 5.78 Å². The smallest absolute Gasteiger partial charge is 0.408 e. The molecule has 0 spiro atoms. The zero-order valence-electron chi connectivity index (χ0n) is 16.4. The van der Waals surface area contributed by atoms with E-state index in [-0.39, 0.29) is 23.9 Å². The maximum absolute atomic E-state index is 12.5. The van der Waals surface area contributed by atoms with Crippen LogP contribution < -0.4 is 10.6 Å². The Hall–Kier alpha value is -1.89. The molecule has 0 aliphatic rings. The number of hydrogen-bond donors (Lipinski definition) is 2. The number of Topliss-reactive ketones (excluding diaryl/α,β-unsaturated/α-hetero) is 1. The summed E-state index contributed by atoms with van der Waals surface area (Å²) in [5.74, 6) is -1.30. The Morgan fingerprint density at radius 1 is 1.04 bits per heavy atom. The van der Waals surface area contributed by atoms with Gasteiger partial charge in [0.15, 0.2) is 0 Å². The highest BCUT2D eigenvalue weighted by molar-refractivity contribution is 7.09. The summed E-state index contributed by atoms with van der Waals surface area (Å²) in [5, 5.41) is 7.06. The zero-order valence-corrected chi connectivity index (χ0v) is 17.2. The summed E-state index contributed by atoms with van der Waals surface area (Å²) in [4.78, 5) is 37.8. The molecular weight excluding hydrogens is 352 g/mol. The fourth-order valence-electron chi connectivity index (χ4n) is 2.67. The van der Waals surface area contributed by atoms with Gasteiger partial charge in [-0.3, -0.25) is 9.59 Å². The van der Waals surface area contributed by atoms with Crippen molar-refractivity contribution in [3.05, 3.63) is 22.4 Å². The van der Waals surface area contributed by atoms with Crippen LogP contribution in [-0.2, 0) is 20.9 Å². The van der Waals surface area contributed by atoms with Crippen molar-refractivity contribution >= 4 is 29.1 Å². The van der Waals surface area contributed by atoms with E-state index in [0.717, 1.165) is 4.88 Å². The molecule has 146 valence electrons. The SMILES string of the molecule is CC(C)C(OC(=O)N[C@H](C(=O)C(=O)NCc1cccs1)C(C)C)C(C)C. The lowest BCUT2D eigenvalue weighted by atomic mass is 9.96. The molecule has 1 aromatic heterocycles. The Bertz CT molecular complexity index is 589. The molecule has 1 atom stereocenters. The molecule has 0 aliphatic heterocycles. The average Bonchev–Trinajstić information content (AvgIpc) is 3.07. The molecule has 1 rings (SSSR count). The van der Waals surface area contributed by atoms with Crippen molar-refractivity contribution in [2.75, 3.05) is 0 Å². The molecule has 0 radical (unpaired) electrons. The molecule has 0 fully saturated rings. The number of hydrogen-bond acceptors (Lipinski definition) is 5. The minimum absolute atomic E-state index is 0.156. The number of carbonyl (C=O) groups is 3. The molecule has 1 heterocycles. The van der Waals surface area contributed by atoms with Crippen molar-refractivity contribution in [1.82, 2.24) is 10.6 Å². The lowest BCUT2D eigenvalue weighted by Gasteiger charge is -2.27. The van der Waals surface area contributed by atoms with Crippen LogP contribution >= 0.6 is 11.3 Å². The number of ether oxygens (including phenoxy) is 1. The third kappa shape index (κ3) is 6.78. The topological polar surface area (TPSA) is 84.5 Å². The fourth-order valence-corrected chi connectivity index (χ4v) is 3.31. The predicted octanol–water partition coefficient (Wildman–Crippen LogP) is 3.36. The number of alkyl carbamates (subject to hydrolysis) is 1. The van der Waals surface area contributed by atoms with Crippen LogP contribution in [0, 0.1) is 17.8 Å². The Morgan fingerprint density at radius 2 is 1.65 bits per heavy atom. The Balaban J connectivity index is 2.67. The minimum Gasteiger partial charge on any atom is -0.446 e. The van der Waals surface area contributed by atoms with Crippen LogP contribution in [0.5, 0.6) is 0 Å². The van der Waals surface area contributed by atoms with Gasteiger partial charge in [-0.05, 0) is 29.2 Å². The fraction of sp³-hybridized carbons (Fsp3) is 0.632. The second-order valence-corrected chi connectivity index (χ2v) is 8.38. The molecule has 0 bridgehead atoms. The first-order valence-electron chi connectivity index (χ1n) is 8.95. The quantitative estimate of drug-likeness (QED) is 0.641. The van der Waals surface area contributed by atoms with Crippen LogP contribution in [0.4, 0.5) is 4.79 Å². The van der Waals surface area contributed by atoms with E-state index in [4.69, 9.17) is 4.74 Å². The van der Waals surface area contributed by atoms with Gasteiger partial charge in [-0.25, -0.2) is 4.79 Å². The van der Waals surface area contributed by atoms with E-state index in [1.54, 1.807) is 13.8 Å². The summed E-state index contributed by atoms with van der Waals surface area (Å²) in [6.45, 7) is 11.7. The monoisotopic (exact) mass is 382 g/mol. The average molecular weight is 383 g/mol. The molecule has 26 heavy (non-hydrogen) atoms. The zero-order chi connectivity index (χ0) is 19.9.